The van der Waals surface area contributed by atoms with Crippen LogP contribution in [0.5, 0.6) is 11.5 Å². The van der Waals surface area contributed by atoms with Gasteiger partial charge >= 0.3 is 5.63 Å². The molecule has 1 aromatic heterocycles. The summed E-state index contributed by atoms with van der Waals surface area (Å²) in [6, 6.07) is 6.36. The summed E-state index contributed by atoms with van der Waals surface area (Å²) in [4.78, 5) is 23.8. The third-order valence-electron chi connectivity index (χ3n) is 3.22. The van der Waals surface area contributed by atoms with Gasteiger partial charge < -0.3 is 19.2 Å². The Balaban J connectivity index is 2.39. The summed E-state index contributed by atoms with van der Waals surface area (Å²) in [5.74, 6) is 0.973. The summed E-state index contributed by atoms with van der Waals surface area (Å²) >= 11 is 0. The van der Waals surface area contributed by atoms with Crippen molar-refractivity contribution in [2.75, 3.05) is 19.5 Å². The van der Waals surface area contributed by atoms with Gasteiger partial charge in [-0.3, -0.25) is 4.79 Å². The molecular weight excluding hydrogens is 286 g/mol. The lowest BCUT2D eigenvalue weighted by molar-refractivity contribution is 0.102. The summed E-state index contributed by atoms with van der Waals surface area (Å²) in [6.07, 6.45) is 0. The summed E-state index contributed by atoms with van der Waals surface area (Å²) < 4.78 is 15.3. The summed E-state index contributed by atoms with van der Waals surface area (Å²) in [6.45, 7) is 3.26. The maximum atomic E-state index is 12.5. The number of hydrogen-bond donors (Lipinski definition) is 1. The standard InChI is InChI=1S/C16H17NO5/c1-9-7-14(18)22-10(2)15(9)16(19)17-12-8-11(20-3)5-6-13(12)21-4/h5-8H,1-4H3,(H,17,19). The SMILES string of the molecule is COc1ccc(OC)c(NC(=O)c2c(C)cc(=O)oc2C)c1. The van der Waals surface area contributed by atoms with Gasteiger partial charge in [-0.25, -0.2) is 4.79 Å². The number of nitrogens with one attached hydrogen (secondary N) is 1. The van der Waals surface area contributed by atoms with Crippen LogP contribution in [0.25, 0.3) is 0 Å². The van der Waals surface area contributed by atoms with E-state index in [0.717, 1.165) is 0 Å². The minimum atomic E-state index is -0.481. The van der Waals surface area contributed by atoms with Crippen molar-refractivity contribution >= 4 is 11.6 Å². The minimum absolute atomic E-state index is 0.268. The lowest BCUT2D eigenvalue weighted by Crippen LogP contribution is -2.17. The van der Waals surface area contributed by atoms with Gasteiger partial charge in [0.15, 0.2) is 0 Å². The van der Waals surface area contributed by atoms with Crippen molar-refractivity contribution in [2.24, 2.45) is 0 Å². The molecule has 1 amide bonds. The van der Waals surface area contributed by atoms with Gasteiger partial charge in [0.05, 0.1) is 25.5 Å². The molecule has 1 aromatic carbocycles. The molecule has 0 spiro atoms. The highest BCUT2D eigenvalue weighted by molar-refractivity contribution is 6.06. The van der Waals surface area contributed by atoms with E-state index in [1.54, 1.807) is 32.0 Å². The van der Waals surface area contributed by atoms with Crippen LogP contribution in [0.15, 0.2) is 33.5 Å². The monoisotopic (exact) mass is 303 g/mol. The minimum Gasteiger partial charge on any atom is -0.497 e. The second-order valence-electron chi connectivity index (χ2n) is 4.70. The predicted octanol–water partition coefficient (Wildman–Crippen LogP) is 2.53. The van der Waals surface area contributed by atoms with E-state index >= 15 is 0 Å². The number of carbonyl (C=O) groups is 1. The zero-order chi connectivity index (χ0) is 16.3. The van der Waals surface area contributed by atoms with Crippen LogP contribution in [-0.4, -0.2) is 20.1 Å². The Bertz CT molecular complexity index is 737. The van der Waals surface area contributed by atoms with E-state index in [2.05, 4.69) is 5.32 Å². The lowest BCUT2D eigenvalue weighted by Gasteiger charge is -2.13. The predicted molar refractivity (Wildman–Crippen MR) is 82.0 cm³/mol. The lowest BCUT2D eigenvalue weighted by atomic mass is 10.1. The summed E-state index contributed by atoms with van der Waals surface area (Å²) in [7, 11) is 3.04. The van der Waals surface area contributed by atoms with E-state index in [4.69, 9.17) is 13.9 Å². The number of carbonyl (C=O) groups excluding carboxylic acids is 1. The summed E-state index contributed by atoms with van der Waals surface area (Å²) in [5, 5.41) is 2.75. The maximum Gasteiger partial charge on any atom is 0.336 e. The van der Waals surface area contributed by atoms with E-state index in [1.165, 1.54) is 20.3 Å². The molecule has 0 saturated heterocycles. The number of ether oxygens (including phenoxy) is 2. The van der Waals surface area contributed by atoms with Crippen LogP contribution >= 0.6 is 0 Å². The molecule has 0 aliphatic rings. The van der Waals surface area contributed by atoms with Crippen molar-refractivity contribution < 1.29 is 18.7 Å². The van der Waals surface area contributed by atoms with Crippen LogP contribution < -0.4 is 20.4 Å². The number of aryl methyl sites for hydroxylation is 2. The van der Waals surface area contributed by atoms with Crippen LogP contribution in [0.2, 0.25) is 0 Å². The molecule has 1 N–H and O–H groups in total. The van der Waals surface area contributed by atoms with Gasteiger partial charge in [0.2, 0.25) is 0 Å². The number of hydrogen-bond acceptors (Lipinski definition) is 5. The molecule has 1 heterocycles. The molecular formula is C16H17NO5. The molecule has 0 atom stereocenters. The Morgan fingerprint density at radius 2 is 1.86 bits per heavy atom. The van der Waals surface area contributed by atoms with Crippen molar-refractivity contribution in [1.82, 2.24) is 0 Å². The molecule has 116 valence electrons. The largest absolute Gasteiger partial charge is 0.497 e. The quantitative estimate of drug-likeness (QED) is 0.939. The molecule has 0 aliphatic carbocycles. The molecule has 0 bridgehead atoms. The molecule has 2 aromatic rings. The van der Waals surface area contributed by atoms with Crippen LogP contribution in [0.1, 0.15) is 21.7 Å². The van der Waals surface area contributed by atoms with Gasteiger partial charge in [0, 0.05) is 12.1 Å². The van der Waals surface area contributed by atoms with Gasteiger partial charge in [-0.05, 0) is 31.5 Å². The van der Waals surface area contributed by atoms with Gasteiger partial charge in [-0.1, -0.05) is 0 Å². The van der Waals surface area contributed by atoms with Crippen molar-refractivity contribution in [1.29, 1.82) is 0 Å². The van der Waals surface area contributed by atoms with Gasteiger partial charge in [-0.15, -0.1) is 0 Å². The number of benzene rings is 1. The molecule has 6 nitrogen and oxygen atoms in total. The molecule has 6 heteroatoms. The number of methoxy groups -OCH3 is 2. The Kier molecular flexibility index (Phi) is 4.50. The highest BCUT2D eigenvalue weighted by Crippen LogP contribution is 2.29. The number of amides is 1. The molecule has 0 unspecified atom stereocenters. The third-order valence-corrected chi connectivity index (χ3v) is 3.22. The average molecular weight is 303 g/mol. The van der Waals surface area contributed by atoms with Crippen molar-refractivity contribution in [3.63, 3.8) is 0 Å². The van der Waals surface area contributed by atoms with Crippen LogP contribution in [0.3, 0.4) is 0 Å². The van der Waals surface area contributed by atoms with Crippen LogP contribution in [-0.2, 0) is 0 Å². The highest BCUT2D eigenvalue weighted by Gasteiger charge is 2.17. The topological polar surface area (TPSA) is 77.8 Å². The Morgan fingerprint density at radius 1 is 1.14 bits per heavy atom. The molecule has 2 rings (SSSR count). The van der Waals surface area contributed by atoms with E-state index < -0.39 is 5.63 Å². The van der Waals surface area contributed by atoms with E-state index in [1.807, 2.05) is 0 Å². The highest BCUT2D eigenvalue weighted by atomic mass is 16.5. The maximum absolute atomic E-state index is 12.5. The zero-order valence-electron chi connectivity index (χ0n) is 12.9. The fourth-order valence-electron chi connectivity index (χ4n) is 2.19. The second-order valence-corrected chi connectivity index (χ2v) is 4.70. The number of anilines is 1. The van der Waals surface area contributed by atoms with Gasteiger partial charge in [0.1, 0.15) is 17.3 Å². The van der Waals surface area contributed by atoms with E-state index in [-0.39, 0.29) is 11.7 Å². The molecule has 0 fully saturated rings. The third kappa shape index (κ3) is 3.11. The van der Waals surface area contributed by atoms with Crippen LogP contribution in [0.4, 0.5) is 5.69 Å². The zero-order valence-corrected chi connectivity index (χ0v) is 12.9. The molecule has 22 heavy (non-hydrogen) atoms. The average Bonchev–Trinajstić information content (AvgIpc) is 2.46. The second kappa shape index (κ2) is 6.34. The smallest absolute Gasteiger partial charge is 0.336 e. The van der Waals surface area contributed by atoms with Crippen molar-refractivity contribution in [2.45, 2.75) is 13.8 Å². The fourth-order valence-corrected chi connectivity index (χ4v) is 2.19. The Hall–Kier alpha value is -2.76. The molecule has 0 aliphatic heterocycles. The van der Waals surface area contributed by atoms with Gasteiger partial charge in [-0.2, -0.15) is 0 Å². The van der Waals surface area contributed by atoms with Crippen molar-refractivity contribution in [3.8, 4) is 11.5 Å². The fraction of sp³-hybridized carbons (Fsp3) is 0.250. The van der Waals surface area contributed by atoms with E-state index in [9.17, 15) is 9.59 Å². The molecule has 0 radical (unpaired) electrons. The van der Waals surface area contributed by atoms with Gasteiger partial charge in [0.25, 0.3) is 5.91 Å². The van der Waals surface area contributed by atoms with E-state index in [0.29, 0.717) is 28.3 Å². The first-order valence-electron chi connectivity index (χ1n) is 6.61. The molecule has 0 saturated carbocycles. The first-order chi connectivity index (χ1) is 10.5. The first-order valence-corrected chi connectivity index (χ1v) is 6.61. The first kappa shape index (κ1) is 15.6. The Labute approximate surface area is 127 Å². The normalized spacial score (nSPS) is 10.2. The summed E-state index contributed by atoms with van der Waals surface area (Å²) in [5.41, 5.74) is 0.861. The number of rotatable bonds is 4. The van der Waals surface area contributed by atoms with Crippen LogP contribution in [0, 0.1) is 13.8 Å². The Morgan fingerprint density at radius 3 is 2.45 bits per heavy atom. The van der Waals surface area contributed by atoms with Crippen molar-refractivity contribution in [3.05, 3.63) is 51.6 Å².